The molecular weight excluding hydrogens is 222 g/mol. The summed E-state index contributed by atoms with van der Waals surface area (Å²) in [6.07, 6.45) is -0.652. The standard InChI is InChI=1S/C9H10ClNO4/c1-6(12)5-15-9-4-7(11(13)14)2-3-8(9)10/h2-4,6,12H,5H2,1H3/t6-/m1/s1. The molecule has 0 fully saturated rings. The van der Waals surface area contributed by atoms with E-state index in [9.17, 15) is 10.1 Å². The normalized spacial score (nSPS) is 12.2. The molecule has 15 heavy (non-hydrogen) atoms. The van der Waals surface area contributed by atoms with Crippen LogP contribution in [0.25, 0.3) is 0 Å². The van der Waals surface area contributed by atoms with E-state index in [2.05, 4.69) is 0 Å². The van der Waals surface area contributed by atoms with Gasteiger partial charge in [0.2, 0.25) is 0 Å². The van der Waals surface area contributed by atoms with Gasteiger partial charge in [0.25, 0.3) is 5.69 Å². The smallest absolute Gasteiger partial charge is 0.273 e. The summed E-state index contributed by atoms with van der Waals surface area (Å²) in [5.74, 6) is 0.201. The predicted molar refractivity (Wildman–Crippen MR) is 55.3 cm³/mol. The largest absolute Gasteiger partial charge is 0.489 e. The highest BCUT2D eigenvalue weighted by Gasteiger charge is 2.11. The van der Waals surface area contributed by atoms with Gasteiger partial charge in [-0.15, -0.1) is 0 Å². The van der Waals surface area contributed by atoms with Crippen molar-refractivity contribution in [2.24, 2.45) is 0 Å². The molecule has 0 aliphatic carbocycles. The van der Waals surface area contributed by atoms with Crippen molar-refractivity contribution in [1.29, 1.82) is 0 Å². The van der Waals surface area contributed by atoms with Crippen molar-refractivity contribution >= 4 is 17.3 Å². The lowest BCUT2D eigenvalue weighted by Crippen LogP contribution is -2.13. The van der Waals surface area contributed by atoms with E-state index in [0.29, 0.717) is 0 Å². The molecule has 0 saturated carbocycles. The maximum atomic E-state index is 10.5. The Bertz CT molecular complexity index is 367. The van der Waals surface area contributed by atoms with E-state index in [4.69, 9.17) is 21.4 Å². The van der Waals surface area contributed by atoms with Crippen molar-refractivity contribution < 1.29 is 14.8 Å². The molecule has 1 atom stereocenters. The minimum absolute atomic E-state index is 0.0425. The van der Waals surface area contributed by atoms with E-state index >= 15 is 0 Å². The average Bonchev–Trinajstić information content (AvgIpc) is 2.16. The molecule has 1 aromatic carbocycles. The number of rotatable bonds is 4. The monoisotopic (exact) mass is 231 g/mol. The number of nitro benzene ring substituents is 1. The Kier molecular flexibility index (Phi) is 3.88. The number of benzene rings is 1. The van der Waals surface area contributed by atoms with Crippen LogP contribution >= 0.6 is 11.6 Å². The summed E-state index contributed by atoms with van der Waals surface area (Å²) < 4.78 is 5.10. The first-order valence-corrected chi connectivity index (χ1v) is 4.63. The van der Waals surface area contributed by atoms with Crippen LogP contribution in [0.5, 0.6) is 5.75 Å². The summed E-state index contributed by atoms with van der Waals surface area (Å²) in [6, 6.07) is 3.90. The van der Waals surface area contributed by atoms with E-state index < -0.39 is 11.0 Å². The molecule has 0 unspecified atom stereocenters. The van der Waals surface area contributed by atoms with Crippen molar-refractivity contribution in [3.05, 3.63) is 33.3 Å². The highest BCUT2D eigenvalue weighted by molar-refractivity contribution is 6.32. The Hall–Kier alpha value is -1.33. The zero-order valence-corrected chi connectivity index (χ0v) is 8.77. The van der Waals surface area contributed by atoms with Crippen molar-refractivity contribution in [2.75, 3.05) is 6.61 Å². The molecule has 0 amide bonds. The molecule has 6 heteroatoms. The number of non-ortho nitro benzene ring substituents is 1. The van der Waals surface area contributed by atoms with Crippen molar-refractivity contribution in [2.45, 2.75) is 13.0 Å². The fourth-order valence-electron chi connectivity index (χ4n) is 0.927. The zero-order chi connectivity index (χ0) is 11.4. The quantitative estimate of drug-likeness (QED) is 0.636. The van der Waals surface area contributed by atoms with Gasteiger partial charge >= 0.3 is 0 Å². The fourth-order valence-corrected chi connectivity index (χ4v) is 1.10. The van der Waals surface area contributed by atoms with Crippen LogP contribution in [0.4, 0.5) is 5.69 Å². The molecule has 1 aromatic rings. The molecule has 1 rings (SSSR count). The van der Waals surface area contributed by atoms with Gasteiger partial charge in [0.05, 0.1) is 22.1 Å². The number of ether oxygens (including phenoxy) is 1. The van der Waals surface area contributed by atoms with E-state index in [1.807, 2.05) is 0 Å². The number of hydrogen-bond acceptors (Lipinski definition) is 4. The van der Waals surface area contributed by atoms with Crippen LogP contribution in [0.15, 0.2) is 18.2 Å². The van der Waals surface area contributed by atoms with E-state index in [1.165, 1.54) is 18.2 Å². The molecule has 0 aliphatic heterocycles. The second kappa shape index (κ2) is 4.95. The lowest BCUT2D eigenvalue weighted by molar-refractivity contribution is -0.384. The Morgan fingerprint density at radius 1 is 1.67 bits per heavy atom. The molecule has 0 heterocycles. The summed E-state index contributed by atoms with van der Waals surface area (Å²) in [7, 11) is 0. The van der Waals surface area contributed by atoms with Crippen LogP contribution in [-0.4, -0.2) is 22.7 Å². The van der Waals surface area contributed by atoms with Gasteiger partial charge in [-0.3, -0.25) is 10.1 Å². The van der Waals surface area contributed by atoms with Gasteiger partial charge in [0.1, 0.15) is 12.4 Å². The van der Waals surface area contributed by atoms with Crippen LogP contribution < -0.4 is 4.74 Å². The van der Waals surface area contributed by atoms with Gasteiger partial charge in [-0.05, 0) is 13.0 Å². The summed E-state index contributed by atoms with van der Waals surface area (Å²) in [5.41, 5.74) is -0.0972. The summed E-state index contributed by atoms with van der Waals surface area (Å²) in [6.45, 7) is 1.59. The molecule has 0 aromatic heterocycles. The van der Waals surface area contributed by atoms with Gasteiger partial charge in [0, 0.05) is 6.07 Å². The molecular formula is C9H10ClNO4. The maximum Gasteiger partial charge on any atom is 0.273 e. The molecule has 0 saturated heterocycles. The molecule has 82 valence electrons. The third kappa shape index (κ3) is 3.38. The van der Waals surface area contributed by atoms with Crippen molar-refractivity contribution in [3.63, 3.8) is 0 Å². The lowest BCUT2D eigenvalue weighted by Gasteiger charge is -2.09. The minimum atomic E-state index is -0.652. The van der Waals surface area contributed by atoms with Gasteiger partial charge < -0.3 is 9.84 Å². The third-order valence-electron chi connectivity index (χ3n) is 1.61. The zero-order valence-electron chi connectivity index (χ0n) is 8.01. The van der Waals surface area contributed by atoms with Crippen molar-refractivity contribution in [1.82, 2.24) is 0 Å². The van der Waals surface area contributed by atoms with Gasteiger partial charge in [-0.2, -0.15) is 0 Å². The Labute approximate surface area is 91.4 Å². The van der Waals surface area contributed by atoms with Crippen molar-refractivity contribution in [3.8, 4) is 5.75 Å². The molecule has 0 bridgehead atoms. The summed E-state index contributed by atoms with van der Waals surface area (Å²) in [4.78, 5) is 9.92. The first kappa shape index (κ1) is 11.7. The minimum Gasteiger partial charge on any atom is -0.489 e. The predicted octanol–water partition coefficient (Wildman–Crippen LogP) is 2.01. The highest BCUT2D eigenvalue weighted by atomic mass is 35.5. The fraction of sp³-hybridized carbons (Fsp3) is 0.333. The molecule has 1 N–H and O–H groups in total. The first-order chi connectivity index (χ1) is 7.00. The Morgan fingerprint density at radius 3 is 2.87 bits per heavy atom. The topological polar surface area (TPSA) is 72.6 Å². The summed E-state index contributed by atoms with van der Waals surface area (Å²) in [5, 5.41) is 19.7. The highest BCUT2D eigenvalue weighted by Crippen LogP contribution is 2.28. The molecule has 0 radical (unpaired) electrons. The van der Waals surface area contributed by atoms with Gasteiger partial charge in [0.15, 0.2) is 0 Å². The third-order valence-corrected chi connectivity index (χ3v) is 1.92. The Morgan fingerprint density at radius 2 is 2.33 bits per heavy atom. The average molecular weight is 232 g/mol. The number of nitrogens with zero attached hydrogens (tertiary/aromatic N) is 1. The molecule has 0 spiro atoms. The number of aliphatic hydroxyl groups is 1. The molecule has 5 nitrogen and oxygen atoms in total. The van der Waals surface area contributed by atoms with Gasteiger partial charge in [-0.1, -0.05) is 11.6 Å². The van der Waals surface area contributed by atoms with E-state index in [0.717, 1.165) is 0 Å². The lowest BCUT2D eigenvalue weighted by atomic mass is 10.3. The summed E-state index contributed by atoms with van der Waals surface area (Å²) >= 11 is 5.76. The maximum absolute atomic E-state index is 10.5. The second-order valence-corrected chi connectivity index (χ2v) is 3.44. The van der Waals surface area contributed by atoms with Crippen LogP contribution in [0.1, 0.15) is 6.92 Å². The van der Waals surface area contributed by atoms with Crippen LogP contribution in [0.2, 0.25) is 5.02 Å². The van der Waals surface area contributed by atoms with Crippen LogP contribution in [0.3, 0.4) is 0 Å². The second-order valence-electron chi connectivity index (χ2n) is 3.03. The van der Waals surface area contributed by atoms with E-state index in [1.54, 1.807) is 6.92 Å². The van der Waals surface area contributed by atoms with Gasteiger partial charge in [-0.25, -0.2) is 0 Å². The van der Waals surface area contributed by atoms with Crippen LogP contribution in [-0.2, 0) is 0 Å². The number of aliphatic hydroxyl groups excluding tert-OH is 1. The Balaban J connectivity index is 2.85. The number of hydrogen-bond donors (Lipinski definition) is 1. The SMILES string of the molecule is C[C@@H](O)COc1cc([N+](=O)[O-])ccc1Cl. The van der Waals surface area contributed by atoms with E-state index in [-0.39, 0.29) is 23.1 Å². The number of nitro groups is 1. The first-order valence-electron chi connectivity index (χ1n) is 4.25. The van der Waals surface area contributed by atoms with Crippen LogP contribution in [0, 0.1) is 10.1 Å². The molecule has 0 aliphatic rings. The number of halogens is 1.